The highest BCUT2D eigenvalue weighted by molar-refractivity contribution is 6.04. The molecule has 92 valence electrons. The van der Waals surface area contributed by atoms with Crippen LogP contribution in [0.3, 0.4) is 0 Å². The number of carbonyl (C=O) groups excluding carboxylic acids is 1. The summed E-state index contributed by atoms with van der Waals surface area (Å²) in [5.74, 6) is -0.0295. The molecule has 0 atom stereocenters. The third-order valence-electron chi connectivity index (χ3n) is 2.75. The highest BCUT2D eigenvalue weighted by Crippen LogP contribution is 2.13. The van der Waals surface area contributed by atoms with Crippen molar-refractivity contribution in [2.24, 2.45) is 0 Å². The Kier molecular flexibility index (Phi) is 3.63. The number of benzene rings is 2. The van der Waals surface area contributed by atoms with Crippen LogP contribution in [0.15, 0.2) is 48.5 Å². The Morgan fingerprint density at radius 3 is 2.22 bits per heavy atom. The Morgan fingerprint density at radius 1 is 1.06 bits per heavy atom. The van der Waals surface area contributed by atoms with Crippen molar-refractivity contribution < 1.29 is 9.90 Å². The molecule has 0 aliphatic heterocycles. The van der Waals surface area contributed by atoms with Crippen molar-refractivity contribution in [3.8, 4) is 5.75 Å². The fraction of sp³-hybridized carbons (Fsp3) is 0.133. The van der Waals surface area contributed by atoms with Gasteiger partial charge in [-0.05, 0) is 48.4 Å². The van der Waals surface area contributed by atoms with Crippen molar-refractivity contribution in [2.45, 2.75) is 13.3 Å². The Bertz CT molecular complexity index is 529. The topological polar surface area (TPSA) is 49.3 Å². The average molecular weight is 241 g/mol. The molecule has 0 unspecified atom stereocenters. The zero-order chi connectivity index (χ0) is 13.0. The molecule has 0 fully saturated rings. The molecular formula is C15H15NO2. The largest absolute Gasteiger partial charge is 0.508 e. The zero-order valence-electron chi connectivity index (χ0n) is 10.2. The second kappa shape index (κ2) is 5.36. The number of amides is 1. The van der Waals surface area contributed by atoms with Gasteiger partial charge in [0, 0.05) is 11.3 Å². The standard InChI is InChI=1S/C15H15NO2/c1-2-11-3-7-13(8-4-11)16-15(18)12-5-9-14(17)10-6-12/h3-10,17H,2H2,1H3,(H,16,18). The van der Waals surface area contributed by atoms with Crippen LogP contribution >= 0.6 is 0 Å². The molecule has 3 nitrogen and oxygen atoms in total. The number of phenols is 1. The van der Waals surface area contributed by atoms with Crippen LogP contribution in [0.25, 0.3) is 0 Å². The van der Waals surface area contributed by atoms with E-state index in [0.717, 1.165) is 12.1 Å². The molecule has 0 bridgehead atoms. The van der Waals surface area contributed by atoms with Crippen LogP contribution in [-0.4, -0.2) is 11.0 Å². The van der Waals surface area contributed by atoms with Gasteiger partial charge in [-0.1, -0.05) is 19.1 Å². The molecule has 0 saturated carbocycles. The summed E-state index contributed by atoms with van der Waals surface area (Å²) in [6, 6.07) is 13.9. The van der Waals surface area contributed by atoms with Gasteiger partial charge in [0.15, 0.2) is 0 Å². The van der Waals surface area contributed by atoms with E-state index in [0.29, 0.717) is 5.56 Å². The number of aryl methyl sites for hydroxylation is 1. The SMILES string of the molecule is CCc1ccc(NC(=O)c2ccc(O)cc2)cc1. The van der Waals surface area contributed by atoms with Crippen LogP contribution in [0.4, 0.5) is 5.69 Å². The lowest BCUT2D eigenvalue weighted by atomic mass is 10.1. The number of hydrogen-bond acceptors (Lipinski definition) is 2. The van der Waals surface area contributed by atoms with Crippen LogP contribution in [0.2, 0.25) is 0 Å². The molecule has 0 saturated heterocycles. The summed E-state index contributed by atoms with van der Waals surface area (Å²) < 4.78 is 0. The quantitative estimate of drug-likeness (QED) is 0.866. The highest BCUT2D eigenvalue weighted by atomic mass is 16.3. The van der Waals surface area contributed by atoms with E-state index in [1.54, 1.807) is 12.1 Å². The van der Waals surface area contributed by atoms with Crippen molar-refractivity contribution >= 4 is 11.6 Å². The predicted molar refractivity (Wildman–Crippen MR) is 71.9 cm³/mol. The molecule has 2 aromatic rings. The van der Waals surface area contributed by atoms with Crippen molar-refractivity contribution in [3.05, 3.63) is 59.7 Å². The minimum absolute atomic E-state index is 0.152. The van der Waals surface area contributed by atoms with Crippen LogP contribution < -0.4 is 5.32 Å². The molecule has 3 heteroatoms. The van der Waals surface area contributed by atoms with Gasteiger partial charge in [-0.25, -0.2) is 0 Å². The van der Waals surface area contributed by atoms with Crippen LogP contribution in [0.5, 0.6) is 5.75 Å². The molecule has 2 rings (SSSR count). The van der Waals surface area contributed by atoms with E-state index >= 15 is 0 Å². The van der Waals surface area contributed by atoms with Gasteiger partial charge in [-0.2, -0.15) is 0 Å². The maximum atomic E-state index is 11.9. The molecule has 0 radical (unpaired) electrons. The van der Waals surface area contributed by atoms with E-state index < -0.39 is 0 Å². The van der Waals surface area contributed by atoms with Gasteiger partial charge >= 0.3 is 0 Å². The summed E-state index contributed by atoms with van der Waals surface area (Å²) in [5.41, 5.74) is 2.52. The van der Waals surface area contributed by atoms with E-state index in [1.807, 2.05) is 24.3 Å². The van der Waals surface area contributed by atoms with E-state index in [-0.39, 0.29) is 11.7 Å². The molecule has 0 heterocycles. The Morgan fingerprint density at radius 2 is 1.67 bits per heavy atom. The number of hydrogen-bond donors (Lipinski definition) is 2. The summed E-state index contributed by atoms with van der Waals surface area (Å²) in [4.78, 5) is 11.9. The fourth-order valence-corrected chi connectivity index (χ4v) is 1.64. The average Bonchev–Trinajstić information content (AvgIpc) is 2.40. The second-order valence-electron chi connectivity index (χ2n) is 4.05. The van der Waals surface area contributed by atoms with Crippen molar-refractivity contribution in [2.75, 3.05) is 5.32 Å². The minimum atomic E-state index is -0.181. The molecule has 0 spiro atoms. The van der Waals surface area contributed by atoms with Crippen molar-refractivity contribution in [1.82, 2.24) is 0 Å². The van der Waals surface area contributed by atoms with Gasteiger partial charge in [0.1, 0.15) is 5.75 Å². The molecule has 0 aromatic heterocycles. The normalized spacial score (nSPS) is 10.1. The monoisotopic (exact) mass is 241 g/mol. The first kappa shape index (κ1) is 12.2. The van der Waals surface area contributed by atoms with E-state index in [9.17, 15) is 4.79 Å². The van der Waals surface area contributed by atoms with E-state index in [1.165, 1.54) is 17.7 Å². The lowest BCUT2D eigenvalue weighted by Crippen LogP contribution is -2.11. The summed E-state index contributed by atoms with van der Waals surface area (Å²) in [6.45, 7) is 2.09. The first-order valence-corrected chi connectivity index (χ1v) is 5.88. The third kappa shape index (κ3) is 2.88. The van der Waals surface area contributed by atoms with Gasteiger partial charge in [0.05, 0.1) is 0 Å². The number of nitrogens with one attached hydrogen (secondary N) is 1. The van der Waals surface area contributed by atoms with Gasteiger partial charge in [-0.3, -0.25) is 4.79 Å². The Balaban J connectivity index is 2.08. The zero-order valence-corrected chi connectivity index (χ0v) is 10.2. The summed E-state index contributed by atoms with van der Waals surface area (Å²) >= 11 is 0. The van der Waals surface area contributed by atoms with Crippen molar-refractivity contribution in [3.63, 3.8) is 0 Å². The maximum Gasteiger partial charge on any atom is 0.255 e. The molecule has 0 aliphatic rings. The number of rotatable bonds is 3. The molecule has 0 aliphatic carbocycles. The molecule has 18 heavy (non-hydrogen) atoms. The molecule has 2 aromatic carbocycles. The number of phenolic OH excluding ortho intramolecular Hbond substituents is 1. The highest BCUT2D eigenvalue weighted by Gasteiger charge is 2.05. The summed E-state index contributed by atoms with van der Waals surface area (Å²) in [5, 5.41) is 12.0. The number of aromatic hydroxyl groups is 1. The summed E-state index contributed by atoms with van der Waals surface area (Å²) in [6.07, 6.45) is 0.978. The van der Waals surface area contributed by atoms with Gasteiger partial charge in [0.2, 0.25) is 0 Å². The van der Waals surface area contributed by atoms with Gasteiger partial charge in [-0.15, -0.1) is 0 Å². The fourth-order valence-electron chi connectivity index (χ4n) is 1.64. The van der Waals surface area contributed by atoms with Crippen LogP contribution in [0, 0.1) is 0 Å². The lowest BCUT2D eigenvalue weighted by molar-refractivity contribution is 0.102. The molecule has 1 amide bonds. The van der Waals surface area contributed by atoms with Crippen molar-refractivity contribution in [1.29, 1.82) is 0 Å². The number of carbonyl (C=O) groups is 1. The van der Waals surface area contributed by atoms with Gasteiger partial charge in [0.25, 0.3) is 5.91 Å². The minimum Gasteiger partial charge on any atom is -0.508 e. The predicted octanol–water partition coefficient (Wildman–Crippen LogP) is 3.21. The first-order chi connectivity index (χ1) is 8.69. The Labute approximate surface area is 106 Å². The summed E-state index contributed by atoms with van der Waals surface area (Å²) in [7, 11) is 0. The maximum absolute atomic E-state index is 11.9. The van der Waals surface area contributed by atoms with E-state index in [4.69, 9.17) is 5.11 Å². The smallest absolute Gasteiger partial charge is 0.255 e. The first-order valence-electron chi connectivity index (χ1n) is 5.88. The van der Waals surface area contributed by atoms with Crippen LogP contribution in [-0.2, 0) is 6.42 Å². The van der Waals surface area contributed by atoms with E-state index in [2.05, 4.69) is 12.2 Å². The van der Waals surface area contributed by atoms with Gasteiger partial charge < -0.3 is 10.4 Å². The molecular weight excluding hydrogens is 226 g/mol. The second-order valence-corrected chi connectivity index (χ2v) is 4.05. The number of anilines is 1. The Hall–Kier alpha value is -2.29. The molecule has 2 N–H and O–H groups in total. The van der Waals surface area contributed by atoms with Crippen LogP contribution in [0.1, 0.15) is 22.8 Å². The third-order valence-corrected chi connectivity index (χ3v) is 2.75. The lowest BCUT2D eigenvalue weighted by Gasteiger charge is -2.06.